The minimum atomic E-state index is -0.721. The molecule has 2 rings (SSSR count). The Morgan fingerprint density at radius 1 is 1.33 bits per heavy atom. The highest BCUT2D eigenvalue weighted by Gasteiger charge is 2.43. The third kappa shape index (κ3) is 3.94. The third-order valence-corrected chi connectivity index (χ3v) is 4.66. The fourth-order valence-corrected chi connectivity index (χ4v) is 3.05. The number of hydrogen-bond acceptors (Lipinski definition) is 4. The molecule has 1 atom stereocenters. The topological polar surface area (TPSA) is 83.6 Å². The van der Waals surface area contributed by atoms with Crippen molar-refractivity contribution < 1.29 is 19.2 Å². The van der Waals surface area contributed by atoms with Gasteiger partial charge in [0.2, 0.25) is 0 Å². The summed E-state index contributed by atoms with van der Waals surface area (Å²) in [6.07, 6.45) is 3.55. The van der Waals surface area contributed by atoms with Gasteiger partial charge in [-0.15, -0.1) is 0 Å². The number of nitrogens with one attached hydrogen (secondary N) is 2. The average Bonchev–Trinajstić information content (AvgIpc) is 3.32. The Morgan fingerprint density at radius 2 is 1.95 bits per heavy atom. The number of nitrogens with zero attached hydrogens (tertiary/aromatic N) is 1. The number of esters is 1. The van der Waals surface area contributed by atoms with E-state index in [2.05, 4.69) is 11.4 Å². The molecule has 6 nitrogen and oxygen atoms in total. The van der Waals surface area contributed by atoms with Crippen LogP contribution < -0.4 is 10.2 Å². The Morgan fingerprint density at radius 3 is 2.43 bits per heavy atom. The molecule has 2 aliphatic rings. The molecule has 2 N–H and O–H groups in total. The van der Waals surface area contributed by atoms with Gasteiger partial charge in [0.05, 0.1) is 32.2 Å². The van der Waals surface area contributed by atoms with Crippen molar-refractivity contribution in [3.05, 3.63) is 0 Å². The summed E-state index contributed by atoms with van der Waals surface area (Å²) in [5, 5.41) is 12.1. The van der Waals surface area contributed by atoms with Crippen LogP contribution in [0.5, 0.6) is 0 Å². The minimum absolute atomic E-state index is 0.0300. The van der Waals surface area contributed by atoms with Crippen LogP contribution in [0.25, 0.3) is 0 Å². The number of carbonyl (C=O) groups excluding carboxylic acids is 2. The standard InChI is InChI=1S/C15H23N3O3/c1-15(10-16,12-3-4-12)17-13(19)9-18-7-5-11(6-8-18)14(20)21-2/h11-12H,3-9H2,1-2H3,(H,17,19)/p+1/t15-/m0/s1. The van der Waals surface area contributed by atoms with Gasteiger partial charge in [-0.05, 0) is 25.7 Å². The number of likely N-dealkylation sites (tertiary alicyclic amines) is 1. The molecule has 2 fully saturated rings. The van der Waals surface area contributed by atoms with Crippen LogP contribution in [-0.2, 0) is 14.3 Å². The van der Waals surface area contributed by atoms with Crippen LogP contribution in [-0.4, -0.2) is 44.2 Å². The number of ether oxygens (including phenoxy) is 1. The molecule has 1 aliphatic carbocycles. The number of rotatable bonds is 5. The smallest absolute Gasteiger partial charge is 0.309 e. The lowest BCUT2D eigenvalue weighted by Gasteiger charge is -2.29. The lowest BCUT2D eigenvalue weighted by atomic mass is 9.96. The van der Waals surface area contributed by atoms with Crippen LogP contribution in [0.2, 0.25) is 0 Å². The molecule has 0 radical (unpaired) electrons. The summed E-state index contributed by atoms with van der Waals surface area (Å²) in [7, 11) is 1.41. The Kier molecular flexibility index (Phi) is 4.84. The Hall–Kier alpha value is -1.61. The number of quaternary nitrogens is 1. The maximum atomic E-state index is 12.1. The van der Waals surface area contributed by atoms with Gasteiger partial charge in [0.15, 0.2) is 6.54 Å². The van der Waals surface area contributed by atoms with Gasteiger partial charge in [0.1, 0.15) is 5.54 Å². The molecule has 6 heteroatoms. The van der Waals surface area contributed by atoms with Crippen molar-refractivity contribution in [2.45, 2.75) is 38.1 Å². The van der Waals surface area contributed by atoms with Gasteiger partial charge in [0, 0.05) is 12.8 Å². The minimum Gasteiger partial charge on any atom is -0.469 e. The van der Waals surface area contributed by atoms with E-state index in [1.54, 1.807) is 6.92 Å². The fraction of sp³-hybridized carbons (Fsp3) is 0.800. The van der Waals surface area contributed by atoms with Gasteiger partial charge >= 0.3 is 5.97 Å². The molecule has 0 aromatic heterocycles. The number of amides is 1. The van der Waals surface area contributed by atoms with Gasteiger partial charge in [0.25, 0.3) is 5.91 Å². The lowest BCUT2D eigenvalue weighted by molar-refractivity contribution is -0.897. The Balaban J connectivity index is 1.77. The monoisotopic (exact) mass is 294 g/mol. The van der Waals surface area contributed by atoms with Gasteiger partial charge in [-0.1, -0.05) is 0 Å². The molecule has 1 saturated heterocycles. The van der Waals surface area contributed by atoms with E-state index >= 15 is 0 Å². The van der Waals surface area contributed by atoms with Crippen molar-refractivity contribution in [1.29, 1.82) is 5.26 Å². The highest BCUT2D eigenvalue weighted by Crippen LogP contribution is 2.39. The molecular formula is C15H24N3O3+. The Bertz CT molecular complexity index is 448. The zero-order chi connectivity index (χ0) is 15.5. The molecule has 1 aliphatic heterocycles. The average molecular weight is 294 g/mol. The number of piperidine rings is 1. The van der Waals surface area contributed by atoms with Crippen LogP contribution in [0.3, 0.4) is 0 Å². The molecule has 1 saturated carbocycles. The second-order valence-electron chi connectivity index (χ2n) is 6.36. The van der Waals surface area contributed by atoms with E-state index in [0.29, 0.717) is 12.5 Å². The molecule has 0 bridgehead atoms. The first kappa shape index (κ1) is 15.8. The van der Waals surface area contributed by atoms with Crippen LogP contribution in [0.4, 0.5) is 0 Å². The SMILES string of the molecule is COC(=O)C1CC[NH+](CC(=O)N[C@@](C)(C#N)C2CC2)CC1. The van der Waals surface area contributed by atoms with E-state index < -0.39 is 5.54 Å². The van der Waals surface area contributed by atoms with Gasteiger partial charge in [-0.3, -0.25) is 9.59 Å². The summed E-state index contributed by atoms with van der Waals surface area (Å²) in [4.78, 5) is 24.7. The van der Waals surface area contributed by atoms with E-state index in [-0.39, 0.29) is 17.8 Å². The van der Waals surface area contributed by atoms with Crippen molar-refractivity contribution in [3.63, 3.8) is 0 Å². The van der Waals surface area contributed by atoms with Crippen molar-refractivity contribution in [2.24, 2.45) is 11.8 Å². The van der Waals surface area contributed by atoms with E-state index in [4.69, 9.17) is 4.74 Å². The summed E-state index contributed by atoms with van der Waals surface area (Å²) < 4.78 is 4.76. The molecule has 1 amide bonds. The van der Waals surface area contributed by atoms with Crippen molar-refractivity contribution >= 4 is 11.9 Å². The van der Waals surface area contributed by atoms with E-state index in [9.17, 15) is 14.9 Å². The molecule has 21 heavy (non-hydrogen) atoms. The number of nitriles is 1. The number of hydrogen-bond donors (Lipinski definition) is 2. The van der Waals surface area contributed by atoms with Crippen molar-refractivity contribution in [3.8, 4) is 6.07 Å². The number of methoxy groups -OCH3 is 1. The van der Waals surface area contributed by atoms with Gasteiger partial charge in [-0.25, -0.2) is 0 Å². The lowest BCUT2D eigenvalue weighted by Crippen LogP contribution is -3.14. The van der Waals surface area contributed by atoms with Crippen LogP contribution in [0.15, 0.2) is 0 Å². The van der Waals surface area contributed by atoms with Gasteiger partial charge in [-0.2, -0.15) is 5.26 Å². The van der Waals surface area contributed by atoms with Crippen LogP contribution >= 0.6 is 0 Å². The van der Waals surface area contributed by atoms with Crippen molar-refractivity contribution in [1.82, 2.24) is 5.32 Å². The number of carbonyl (C=O) groups is 2. The summed E-state index contributed by atoms with van der Waals surface area (Å²) in [5.41, 5.74) is -0.721. The first-order valence-electron chi connectivity index (χ1n) is 7.62. The summed E-state index contributed by atoms with van der Waals surface area (Å²) >= 11 is 0. The second-order valence-corrected chi connectivity index (χ2v) is 6.36. The normalized spacial score (nSPS) is 28.0. The molecule has 0 aromatic rings. The molecule has 0 spiro atoms. The molecular weight excluding hydrogens is 270 g/mol. The van der Waals surface area contributed by atoms with E-state index in [1.807, 2.05) is 0 Å². The van der Waals surface area contributed by atoms with Crippen molar-refractivity contribution in [2.75, 3.05) is 26.7 Å². The molecule has 0 aromatic carbocycles. The molecule has 116 valence electrons. The first-order valence-corrected chi connectivity index (χ1v) is 7.62. The van der Waals surface area contributed by atoms with Crippen LogP contribution in [0.1, 0.15) is 32.6 Å². The Labute approximate surface area is 125 Å². The predicted octanol–water partition coefficient (Wildman–Crippen LogP) is -0.737. The predicted molar refractivity (Wildman–Crippen MR) is 75.2 cm³/mol. The zero-order valence-corrected chi connectivity index (χ0v) is 12.8. The molecule has 1 heterocycles. The second kappa shape index (κ2) is 6.44. The summed E-state index contributed by atoms with van der Waals surface area (Å²) in [6.45, 7) is 3.76. The van der Waals surface area contributed by atoms with E-state index in [1.165, 1.54) is 12.0 Å². The summed E-state index contributed by atoms with van der Waals surface area (Å²) in [5.74, 6) is 0.0471. The molecule has 0 unspecified atom stereocenters. The van der Waals surface area contributed by atoms with E-state index in [0.717, 1.165) is 38.8 Å². The fourth-order valence-electron chi connectivity index (χ4n) is 3.05. The first-order chi connectivity index (χ1) is 9.98. The highest BCUT2D eigenvalue weighted by atomic mass is 16.5. The van der Waals surface area contributed by atoms with Crippen LogP contribution in [0, 0.1) is 23.2 Å². The van der Waals surface area contributed by atoms with Gasteiger partial charge < -0.3 is 15.0 Å². The highest BCUT2D eigenvalue weighted by molar-refractivity contribution is 5.78. The summed E-state index contributed by atoms with van der Waals surface area (Å²) in [6, 6.07) is 2.24. The maximum Gasteiger partial charge on any atom is 0.309 e. The largest absolute Gasteiger partial charge is 0.469 e. The quantitative estimate of drug-likeness (QED) is 0.654. The maximum absolute atomic E-state index is 12.1. The zero-order valence-electron chi connectivity index (χ0n) is 12.8. The third-order valence-electron chi connectivity index (χ3n) is 4.66.